The third-order valence-electron chi connectivity index (χ3n) is 6.29. The molecule has 0 bridgehead atoms. The molecule has 36 heavy (non-hydrogen) atoms. The Kier molecular flexibility index (Phi) is 6.64. The van der Waals surface area contributed by atoms with Crippen molar-refractivity contribution in [3.05, 3.63) is 72.5 Å². The number of piperazine rings is 1. The number of fused-ring (bicyclic) bond motifs is 1. The highest BCUT2D eigenvalue weighted by Crippen LogP contribution is 2.30. The number of carbonyl (C=O) groups excluding carboxylic acids is 2. The van der Waals surface area contributed by atoms with Crippen molar-refractivity contribution in [2.24, 2.45) is 0 Å². The molecule has 3 N–H and O–H groups in total. The molecule has 1 fully saturated rings. The van der Waals surface area contributed by atoms with Gasteiger partial charge in [-0.05, 0) is 55.6 Å². The Morgan fingerprint density at radius 3 is 2.31 bits per heavy atom. The van der Waals surface area contributed by atoms with Gasteiger partial charge in [-0.15, -0.1) is 0 Å². The van der Waals surface area contributed by atoms with Gasteiger partial charge in [0.2, 0.25) is 11.8 Å². The van der Waals surface area contributed by atoms with E-state index < -0.39 is 17.6 Å². The van der Waals surface area contributed by atoms with Crippen molar-refractivity contribution in [3.8, 4) is 11.3 Å². The van der Waals surface area contributed by atoms with Gasteiger partial charge >= 0.3 is 0 Å². The molecule has 2 amide bonds. The SMILES string of the molecule is CN1CCN(c2ccc(-c3n[nH]c4cc(NC(=O)CC(=O)Nc5cccc(F)c5)ccc34)cc2)CC1. The molecule has 1 aliphatic rings. The summed E-state index contributed by atoms with van der Waals surface area (Å²) < 4.78 is 13.3. The Labute approximate surface area is 208 Å². The number of hydrogen-bond donors (Lipinski definition) is 3. The van der Waals surface area contributed by atoms with Crippen LogP contribution in [0.4, 0.5) is 21.5 Å². The Morgan fingerprint density at radius 1 is 0.917 bits per heavy atom. The Morgan fingerprint density at radius 2 is 1.61 bits per heavy atom. The van der Waals surface area contributed by atoms with Crippen LogP contribution < -0.4 is 15.5 Å². The first-order valence-electron chi connectivity index (χ1n) is 11.8. The molecule has 9 heteroatoms. The zero-order valence-electron chi connectivity index (χ0n) is 19.9. The van der Waals surface area contributed by atoms with Crippen molar-refractivity contribution >= 4 is 39.8 Å². The van der Waals surface area contributed by atoms with Crippen LogP contribution >= 0.6 is 0 Å². The van der Waals surface area contributed by atoms with Crippen LogP contribution in [0.1, 0.15) is 6.42 Å². The summed E-state index contributed by atoms with van der Waals surface area (Å²) in [6, 6.07) is 19.4. The van der Waals surface area contributed by atoms with Crippen LogP contribution in [0.2, 0.25) is 0 Å². The molecule has 3 aromatic carbocycles. The van der Waals surface area contributed by atoms with E-state index in [-0.39, 0.29) is 6.42 Å². The van der Waals surface area contributed by atoms with Gasteiger partial charge in [0.05, 0.1) is 11.2 Å². The van der Waals surface area contributed by atoms with Gasteiger partial charge < -0.3 is 20.4 Å². The van der Waals surface area contributed by atoms with Gasteiger partial charge in [0.1, 0.15) is 12.2 Å². The number of likely N-dealkylation sites (N-methyl/N-ethyl adjacent to an activating group) is 1. The van der Waals surface area contributed by atoms with Gasteiger partial charge in [-0.1, -0.05) is 18.2 Å². The van der Waals surface area contributed by atoms with Crippen LogP contribution in [-0.4, -0.2) is 60.1 Å². The molecule has 2 heterocycles. The molecule has 1 aromatic heterocycles. The quantitative estimate of drug-likeness (QED) is 0.357. The van der Waals surface area contributed by atoms with Crippen LogP contribution in [0.3, 0.4) is 0 Å². The van der Waals surface area contributed by atoms with Gasteiger partial charge in [0.25, 0.3) is 0 Å². The summed E-state index contributed by atoms with van der Waals surface area (Å²) >= 11 is 0. The average molecular weight is 487 g/mol. The highest BCUT2D eigenvalue weighted by Gasteiger charge is 2.16. The molecular formula is C27H27FN6O2. The number of amides is 2. The molecule has 8 nitrogen and oxygen atoms in total. The summed E-state index contributed by atoms with van der Waals surface area (Å²) in [4.78, 5) is 29.2. The van der Waals surface area contributed by atoms with Crippen LogP contribution in [0, 0.1) is 5.82 Å². The minimum Gasteiger partial charge on any atom is -0.369 e. The van der Waals surface area contributed by atoms with Crippen molar-refractivity contribution in [3.63, 3.8) is 0 Å². The molecule has 1 aliphatic heterocycles. The number of aromatic nitrogens is 2. The summed E-state index contributed by atoms with van der Waals surface area (Å²) in [5.74, 6) is -1.46. The summed E-state index contributed by atoms with van der Waals surface area (Å²) in [6.45, 7) is 4.15. The van der Waals surface area contributed by atoms with E-state index >= 15 is 0 Å². The molecule has 5 rings (SSSR count). The second kappa shape index (κ2) is 10.2. The second-order valence-electron chi connectivity index (χ2n) is 8.95. The van der Waals surface area contributed by atoms with Gasteiger partial charge in [-0.2, -0.15) is 5.10 Å². The Bertz CT molecular complexity index is 1390. The summed E-state index contributed by atoms with van der Waals surface area (Å²) in [5.41, 5.74) is 4.67. The molecule has 0 unspecified atom stereocenters. The van der Waals surface area contributed by atoms with Gasteiger partial charge in [-0.3, -0.25) is 14.7 Å². The first-order chi connectivity index (χ1) is 17.4. The van der Waals surface area contributed by atoms with Crippen LogP contribution in [0.25, 0.3) is 22.2 Å². The maximum atomic E-state index is 13.3. The van der Waals surface area contributed by atoms with Crippen molar-refractivity contribution in [2.75, 3.05) is 48.8 Å². The first kappa shape index (κ1) is 23.5. The molecule has 4 aromatic rings. The number of halogens is 1. The van der Waals surface area contributed by atoms with E-state index in [1.54, 1.807) is 18.2 Å². The highest BCUT2D eigenvalue weighted by atomic mass is 19.1. The minimum atomic E-state index is -0.525. The molecular weight excluding hydrogens is 459 g/mol. The standard InChI is InChI=1S/C27H27FN6O2/c1-33-11-13-34(14-12-33)22-8-5-18(6-9-22)27-23-10-7-21(16-24(23)31-32-27)30-26(36)17-25(35)29-20-4-2-3-19(28)15-20/h2-10,15-16H,11-14,17H2,1H3,(H,29,35)(H,30,36)(H,31,32). The second-order valence-corrected chi connectivity index (χ2v) is 8.95. The number of nitrogens with zero attached hydrogens (tertiary/aromatic N) is 3. The fourth-order valence-electron chi connectivity index (χ4n) is 4.33. The first-order valence-corrected chi connectivity index (χ1v) is 11.8. The van der Waals surface area contributed by atoms with Crippen molar-refractivity contribution in [2.45, 2.75) is 6.42 Å². The molecule has 0 aliphatic carbocycles. The molecule has 0 spiro atoms. The van der Waals surface area contributed by atoms with E-state index in [1.165, 1.54) is 23.9 Å². The lowest BCUT2D eigenvalue weighted by Crippen LogP contribution is -2.44. The lowest BCUT2D eigenvalue weighted by Gasteiger charge is -2.34. The average Bonchev–Trinajstić information content (AvgIpc) is 3.28. The number of hydrogen-bond acceptors (Lipinski definition) is 5. The minimum absolute atomic E-state index is 0.302. The number of rotatable bonds is 6. The van der Waals surface area contributed by atoms with E-state index in [2.05, 4.69) is 61.9 Å². The number of H-pyrrole nitrogens is 1. The summed E-state index contributed by atoms with van der Waals surface area (Å²) in [5, 5.41) is 13.7. The molecule has 0 saturated carbocycles. The summed E-state index contributed by atoms with van der Waals surface area (Å²) in [7, 11) is 2.14. The van der Waals surface area contributed by atoms with E-state index in [0.717, 1.165) is 48.3 Å². The number of aromatic amines is 1. The normalized spacial score (nSPS) is 14.1. The number of carbonyl (C=O) groups is 2. The predicted octanol–water partition coefficient (Wildman–Crippen LogP) is 4.09. The van der Waals surface area contributed by atoms with E-state index in [1.807, 2.05) is 6.07 Å². The molecule has 1 saturated heterocycles. The highest BCUT2D eigenvalue weighted by molar-refractivity contribution is 6.08. The van der Waals surface area contributed by atoms with Crippen LogP contribution in [-0.2, 0) is 9.59 Å². The van der Waals surface area contributed by atoms with E-state index in [0.29, 0.717) is 11.4 Å². The van der Waals surface area contributed by atoms with Gasteiger partial charge in [-0.25, -0.2) is 4.39 Å². The van der Waals surface area contributed by atoms with Crippen molar-refractivity contribution < 1.29 is 14.0 Å². The smallest absolute Gasteiger partial charge is 0.233 e. The third-order valence-corrected chi connectivity index (χ3v) is 6.29. The maximum absolute atomic E-state index is 13.3. The largest absolute Gasteiger partial charge is 0.369 e. The number of anilines is 3. The Hall–Kier alpha value is -4.24. The Balaban J connectivity index is 1.23. The maximum Gasteiger partial charge on any atom is 0.233 e. The fourth-order valence-corrected chi connectivity index (χ4v) is 4.33. The summed E-state index contributed by atoms with van der Waals surface area (Å²) in [6.07, 6.45) is -0.386. The molecule has 0 radical (unpaired) electrons. The zero-order valence-corrected chi connectivity index (χ0v) is 19.9. The monoisotopic (exact) mass is 486 g/mol. The number of benzene rings is 3. The van der Waals surface area contributed by atoms with E-state index in [4.69, 9.17) is 0 Å². The predicted molar refractivity (Wildman–Crippen MR) is 140 cm³/mol. The van der Waals surface area contributed by atoms with E-state index in [9.17, 15) is 14.0 Å². The topological polar surface area (TPSA) is 93.4 Å². The van der Waals surface area contributed by atoms with Crippen molar-refractivity contribution in [1.82, 2.24) is 15.1 Å². The lowest BCUT2D eigenvalue weighted by molar-refractivity contribution is -0.123. The molecule has 184 valence electrons. The number of nitrogens with one attached hydrogen (secondary N) is 3. The van der Waals surface area contributed by atoms with Gasteiger partial charge in [0.15, 0.2) is 0 Å². The fraction of sp³-hybridized carbons (Fsp3) is 0.222. The third kappa shape index (κ3) is 5.36. The van der Waals surface area contributed by atoms with Crippen LogP contribution in [0.5, 0.6) is 0 Å². The van der Waals surface area contributed by atoms with Crippen LogP contribution in [0.15, 0.2) is 66.7 Å². The zero-order chi connectivity index (χ0) is 25.1. The van der Waals surface area contributed by atoms with Crippen molar-refractivity contribution in [1.29, 1.82) is 0 Å². The van der Waals surface area contributed by atoms with Gasteiger partial charge in [0, 0.05) is 54.2 Å². The lowest BCUT2D eigenvalue weighted by atomic mass is 10.1. The molecule has 0 atom stereocenters.